The monoisotopic (exact) mass is 205 g/mol. The third-order valence-corrected chi connectivity index (χ3v) is 2.36. The van der Waals surface area contributed by atoms with Crippen LogP contribution in [0.15, 0.2) is 36.0 Å². The first kappa shape index (κ1) is 11.4. The van der Waals surface area contributed by atoms with E-state index in [0.29, 0.717) is 5.57 Å². The van der Waals surface area contributed by atoms with Crippen LogP contribution in [0, 0.1) is 0 Å². The van der Waals surface area contributed by atoms with Gasteiger partial charge in [0.05, 0.1) is 6.42 Å². The van der Waals surface area contributed by atoms with Crippen LogP contribution < -0.4 is 0 Å². The summed E-state index contributed by atoms with van der Waals surface area (Å²) in [5.41, 5.74) is 1.29. The molecule has 0 aromatic carbocycles. The van der Waals surface area contributed by atoms with E-state index in [9.17, 15) is 9.59 Å². The van der Waals surface area contributed by atoms with Gasteiger partial charge in [0.1, 0.15) is 0 Å². The standard InChI is InChI=1S/C12H15NO2/c1-4-6-7-9-8-11(14)13(3)12(15)10(9)5-2/h5-7H,2,4,8H2,1,3H3/b7-6-. The lowest BCUT2D eigenvalue weighted by Gasteiger charge is -2.23. The second kappa shape index (κ2) is 4.73. The van der Waals surface area contributed by atoms with Crippen LogP contribution in [0.1, 0.15) is 19.8 Å². The molecule has 1 heterocycles. The number of likely N-dealkylation sites (N-methyl/N-ethyl adjacent to an activating group) is 1. The Hall–Kier alpha value is -1.64. The van der Waals surface area contributed by atoms with E-state index in [0.717, 1.165) is 16.9 Å². The Bertz CT molecular complexity index is 364. The first-order chi connectivity index (χ1) is 7.11. The van der Waals surface area contributed by atoms with E-state index in [1.807, 2.05) is 19.1 Å². The molecule has 0 atom stereocenters. The quantitative estimate of drug-likeness (QED) is 0.659. The number of carbonyl (C=O) groups excluding carboxylic acids is 2. The van der Waals surface area contributed by atoms with Gasteiger partial charge in [0.2, 0.25) is 5.91 Å². The normalized spacial score (nSPS) is 17.9. The van der Waals surface area contributed by atoms with Crippen molar-refractivity contribution in [2.24, 2.45) is 0 Å². The van der Waals surface area contributed by atoms with E-state index < -0.39 is 0 Å². The van der Waals surface area contributed by atoms with Crippen LogP contribution in [-0.2, 0) is 9.59 Å². The summed E-state index contributed by atoms with van der Waals surface area (Å²) < 4.78 is 0. The molecule has 3 nitrogen and oxygen atoms in total. The molecule has 2 amide bonds. The Labute approximate surface area is 89.8 Å². The largest absolute Gasteiger partial charge is 0.281 e. The Morgan fingerprint density at radius 2 is 2.13 bits per heavy atom. The van der Waals surface area contributed by atoms with Crippen molar-refractivity contribution in [3.05, 3.63) is 36.0 Å². The highest BCUT2D eigenvalue weighted by Crippen LogP contribution is 2.21. The van der Waals surface area contributed by atoms with Crippen molar-refractivity contribution in [2.45, 2.75) is 19.8 Å². The van der Waals surface area contributed by atoms with Crippen molar-refractivity contribution in [2.75, 3.05) is 7.05 Å². The average molecular weight is 205 g/mol. The number of hydrogen-bond donors (Lipinski definition) is 0. The summed E-state index contributed by atoms with van der Waals surface area (Å²) in [4.78, 5) is 24.3. The molecule has 0 fully saturated rings. The van der Waals surface area contributed by atoms with Crippen LogP contribution in [0.4, 0.5) is 0 Å². The molecule has 0 aliphatic carbocycles. The lowest BCUT2D eigenvalue weighted by Crippen LogP contribution is -2.37. The predicted octanol–water partition coefficient (Wildman–Crippen LogP) is 1.82. The van der Waals surface area contributed by atoms with Crippen molar-refractivity contribution in [1.29, 1.82) is 0 Å². The van der Waals surface area contributed by atoms with E-state index in [2.05, 4.69) is 6.58 Å². The number of carbonyl (C=O) groups is 2. The number of nitrogens with zero attached hydrogens (tertiary/aromatic N) is 1. The maximum Gasteiger partial charge on any atom is 0.260 e. The second-order valence-electron chi connectivity index (χ2n) is 3.39. The fraction of sp³-hybridized carbons (Fsp3) is 0.333. The third kappa shape index (κ3) is 2.24. The molecular weight excluding hydrogens is 190 g/mol. The summed E-state index contributed by atoms with van der Waals surface area (Å²) in [6.07, 6.45) is 6.44. The number of imide groups is 1. The molecule has 1 aliphatic heterocycles. The third-order valence-electron chi connectivity index (χ3n) is 2.36. The highest BCUT2D eigenvalue weighted by atomic mass is 16.2. The lowest BCUT2D eigenvalue weighted by molar-refractivity contribution is -0.141. The Morgan fingerprint density at radius 1 is 1.47 bits per heavy atom. The van der Waals surface area contributed by atoms with E-state index in [4.69, 9.17) is 0 Å². The summed E-state index contributed by atoms with van der Waals surface area (Å²) in [6, 6.07) is 0. The van der Waals surface area contributed by atoms with Gasteiger partial charge in [-0.1, -0.05) is 31.7 Å². The van der Waals surface area contributed by atoms with Gasteiger partial charge in [0.25, 0.3) is 5.91 Å². The molecule has 80 valence electrons. The van der Waals surface area contributed by atoms with Gasteiger partial charge in [-0.15, -0.1) is 0 Å². The minimum Gasteiger partial charge on any atom is -0.281 e. The highest BCUT2D eigenvalue weighted by molar-refractivity contribution is 6.10. The molecule has 0 aromatic rings. The van der Waals surface area contributed by atoms with Crippen LogP contribution in [0.2, 0.25) is 0 Å². The van der Waals surface area contributed by atoms with Crippen molar-refractivity contribution in [3.8, 4) is 0 Å². The minimum absolute atomic E-state index is 0.165. The molecule has 0 N–H and O–H groups in total. The number of amides is 2. The molecule has 1 rings (SSSR count). The van der Waals surface area contributed by atoms with Gasteiger partial charge < -0.3 is 0 Å². The summed E-state index contributed by atoms with van der Waals surface area (Å²) in [5, 5.41) is 0. The SMILES string of the molecule is C=CC1=C(/C=C\CC)CC(=O)N(C)C1=O. The summed E-state index contributed by atoms with van der Waals surface area (Å²) in [7, 11) is 1.49. The van der Waals surface area contributed by atoms with Crippen LogP contribution in [-0.4, -0.2) is 23.8 Å². The van der Waals surface area contributed by atoms with Gasteiger partial charge in [-0.05, 0) is 12.0 Å². The van der Waals surface area contributed by atoms with E-state index >= 15 is 0 Å². The molecule has 0 unspecified atom stereocenters. The summed E-state index contributed by atoms with van der Waals surface area (Å²) in [6.45, 7) is 5.61. The van der Waals surface area contributed by atoms with Crippen LogP contribution in [0.3, 0.4) is 0 Å². The van der Waals surface area contributed by atoms with Gasteiger partial charge in [0.15, 0.2) is 0 Å². The van der Waals surface area contributed by atoms with E-state index in [1.165, 1.54) is 13.1 Å². The highest BCUT2D eigenvalue weighted by Gasteiger charge is 2.27. The maximum atomic E-state index is 11.7. The molecule has 1 aliphatic rings. The maximum absolute atomic E-state index is 11.7. The van der Waals surface area contributed by atoms with Crippen LogP contribution in [0.5, 0.6) is 0 Å². The van der Waals surface area contributed by atoms with Gasteiger partial charge in [-0.2, -0.15) is 0 Å². The Kier molecular flexibility index (Phi) is 3.61. The van der Waals surface area contributed by atoms with E-state index in [-0.39, 0.29) is 18.2 Å². The number of rotatable bonds is 3. The van der Waals surface area contributed by atoms with Gasteiger partial charge in [0, 0.05) is 12.6 Å². The van der Waals surface area contributed by atoms with Crippen molar-refractivity contribution in [1.82, 2.24) is 4.90 Å². The topological polar surface area (TPSA) is 37.4 Å². The van der Waals surface area contributed by atoms with Crippen LogP contribution >= 0.6 is 0 Å². The van der Waals surface area contributed by atoms with Gasteiger partial charge in [-0.3, -0.25) is 14.5 Å². The average Bonchev–Trinajstić information content (AvgIpc) is 2.23. The molecule has 0 radical (unpaired) electrons. The Morgan fingerprint density at radius 3 is 2.67 bits per heavy atom. The zero-order chi connectivity index (χ0) is 11.4. The summed E-state index contributed by atoms with van der Waals surface area (Å²) >= 11 is 0. The fourth-order valence-corrected chi connectivity index (χ4v) is 1.44. The van der Waals surface area contributed by atoms with Gasteiger partial charge >= 0.3 is 0 Å². The van der Waals surface area contributed by atoms with Crippen LogP contribution in [0.25, 0.3) is 0 Å². The number of allylic oxidation sites excluding steroid dienone is 2. The van der Waals surface area contributed by atoms with Crippen molar-refractivity contribution >= 4 is 11.8 Å². The number of hydrogen-bond acceptors (Lipinski definition) is 2. The first-order valence-electron chi connectivity index (χ1n) is 4.94. The Balaban J connectivity index is 3.12. The molecule has 0 bridgehead atoms. The predicted molar refractivity (Wildman–Crippen MR) is 59.0 cm³/mol. The zero-order valence-electron chi connectivity index (χ0n) is 9.12. The zero-order valence-corrected chi connectivity index (χ0v) is 9.12. The molecule has 3 heteroatoms. The second-order valence-corrected chi connectivity index (χ2v) is 3.39. The lowest BCUT2D eigenvalue weighted by atomic mass is 9.98. The smallest absolute Gasteiger partial charge is 0.260 e. The summed E-state index contributed by atoms with van der Waals surface area (Å²) in [5.74, 6) is -0.432. The van der Waals surface area contributed by atoms with Crippen molar-refractivity contribution < 1.29 is 9.59 Å². The molecular formula is C12H15NO2. The minimum atomic E-state index is -0.267. The first-order valence-corrected chi connectivity index (χ1v) is 4.94. The molecule has 0 saturated carbocycles. The molecule has 15 heavy (non-hydrogen) atoms. The fourth-order valence-electron chi connectivity index (χ4n) is 1.44. The van der Waals surface area contributed by atoms with Crippen molar-refractivity contribution in [3.63, 3.8) is 0 Å². The molecule has 0 spiro atoms. The molecule has 0 saturated heterocycles. The molecule has 0 aromatic heterocycles. The van der Waals surface area contributed by atoms with E-state index in [1.54, 1.807) is 0 Å². The van der Waals surface area contributed by atoms with Gasteiger partial charge in [-0.25, -0.2) is 0 Å².